The van der Waals surface area contributed by atoms with Crippen molar-refractivity contribution in [3.63, 3.8) is 0 Å². The van der Waals surface area contributed by atoms with E-state index in [-0.39, 0.29) is 23.7 Å². The molecule has 0 spiro atoms. The maximum atomic E-state index is 13.1. The summed E-state index contributed by atoms with van der Waals surface area (Å²) in [5.74, 6) is -1.10. The van der Waals surface area contributed by atoms with Gasteiger partial charge in [0, 0.05) is 17.7 Å². The lowest BCUT2D eigenvalue weighted by molar-refractivity contribution is -0.119. The molecule has 8 heteroatoms. The van der Waals surface area contributed by atoms with Gasteiger partial charge in [-0.1, -0.05) is 12.1 Å². The van der Waals surface area contributed by atoms with E-state index in [4.69, 9.17) is 5.73 Å². The number of carbonyl (C=O) groups is 2. The normalized spacial score (nSPS) is 11.8. The Kier molecular flexibility index (Phi) is 5.39. The van der Waals surface area contributed by atoms with Gasteiger partial charge in [0.25, 0.3) is 5.91 Å². The Morgan fingerprint density at radius 2 is 1.82 bits per heavy atom. The molecule has 28 heavy (non-hydrogen) atoms. The molecule has 0 aliphatic carbocycles. The number of halogens is 1. The van der Waals surface area contributed by atoms with Gasteiger partial charge in [-0.3, -0.25) is 9.59 Å². The molecule has 3 aromatic rings. The van der Waals surface area contributed by atoms with Gasteiger partial charge in [-0.25, -0.2) is 9.37 Å². The van der Waals surface area contributed by atoms with Crippen molar-refractivity contribution in [2.75, 3.05) is 0 Å². The Labute approximate surface area is 160 Å². The minimum atomic E-state index is -0.942. The average molecular weight is 382 g/mol. The summed E-state index contributed by atoms with van der Waals surface area (Å²) in [5.41, 5.74) is 7.40. The lowest BCUT2D eigenvalue weighted by atomic mass is 10.0. The molecule has 0 radical (unpaired) electrons. The largest absolute Gasteiger partial charge is 0.508 e. The van der Waals surface area contributed by atoms with E-state index in [2.05, 4.69) is 15.3 Å². The number of aromatic hydroxyl groups is 1. The van der Waals surface area contributed by atoms with Gasteiger partial charge >= 0.3 is 0 Å². The first-order valence-corrected chi connectivity index (χ1v) is 8.54. The number of benzene rings is 2. The highest BCUT2D eigenvalue weighted by Crippen LogP contribution is 2.19. The van der Waals surface area contributed by atoms with Crippen molar-refractivity contribution in [3.8, 4) is 17.1 Å². The van der Waals surface area contributed by atoms with Crippen LogP contribution in [0.3, 0.4) is 0 Å². The monoisotopic (exact) mass is 382 g/mol. The number of phenols is 1. The molecule has 0 saturated heterocycles. The highest BCUT2D eigenvalue weighted by atomic mass is 19.1. The molecule has 1 aromatic heterocycles. The molecule has 3 rings (SSSR count). The molecule has 0 saturated carbocycles. The molecule has 2 amide bonds. The summed E-state index contributed by atoms with van der Waals surface area (Å²) < 4.78 is 13.1. The summed E-state index contributed by atoms with van der Waals surface area (Å²) in [5, 5.41) is 11.9. The van der Waals surface area contributed by atoms with E-state index in [0.717, 1.165) is 5.56 Å². The van der Waals surface area contributed by atoms with Gasteiger partial charge in [-0.15, -0.1) is 0 Å². The molecule has 0 aliphatic rings. The van der Waals surface area contributed by atoms with Gasteiger partial charge in [0.1, 0.15) is 29.1 Å². The Morgan fingerprint density at radius 1 is 1.18 bits per heavy atom. The first-order valence-electron chi connectivity index (χ1n) is 8.54. The number of aryl methyl sites for hydroxylation is 1. The fourth-order valence-electron chi connectivity index (χ4n) is 2.74. The molecule has 1 atom stereocenters. The maximum absolute atomic E-state index is 13.1. The van der Waals surface area contributed by atoms with Crippen LogP contribution in [0.25, 0.3) is 11.4 Å². The van der Waals surface area contributed by atoms with E-state index in [0.29, 0.717) is 17.1 Å². The number of H-pyrrole nitrogens is 1. The predicted octanol–water partition coefficient (Wildman–Crippen LogP) is 2.06. The Bertz CT molecular complexity index is 997. The summed E-state index contributed by atoms with van der Waals surface area (Å²) in [6.07, 6.45) is 0.176. The summed E-state index contributed by atoms with van der Waals surface area (Å²) in [6.45, 7) is 1.67. The zero-order chi connectivity index (χ0) is 20.3. The third kappa shape index (κ3) is 4.35. The van der Waals surface area contributed by atoms with Crippen molar-refractivity contribution in [3.05, 3.63) is 71.3 Å². The van der Waals surface area contributed by atoms with Crippen LogP contribution in [-0.2, 0) is 11.2 Å². The van der Waals surface area contributed by atoms with Crippen LogP contribution in [0.15, 0.2) is 48.5 Å². The highest BCUT2D eigenvalue weighted by molar-refractivity contribution is 5.97. The predicted molar refractivity (Wildman–Crippen MR) is 101 cm³/mol. The standard InChI is InChI=1S/C20H19FN4O3/c1-11-17(25-19(23-11)13-4-6-14(21)7-5-13)20(28)24-16(18(22)27)10-12-2-8-15(26)9-3-12/h2-9,16,26H,10H2,1H3,(H2,22,27)(H,23,25)(H,24,28)/t16-/m0/s1. The van der Waals surface area contributed by atoms with Gasteiger partial charge in [0.2, 0.25) is 5.91 Å². The van der Waals surface area contributed by atoms with Gasteiger partial charge in [-0.05, 0) is 48.9 Å². The Balaban J connectivity index is 1.77. The fourth-order valence-corrected chi connectivity index (χ4v) is 2.74. The van der Waals surface area contributed by atoms with Crippen LogP contribution in [0, 0.1) is 12.7 Å². The van der Waals surface area contributed by atoms with Crippen molar-refractivity contribution in [2.45, 2.75) is 19.4 Å². The van der Waals surface area contributed by atoms with Crippen molar-refractivity contribution in [2.24, 2.45) is 5.73 Å². The van der Waals surface area contributed by atoms with Gasteiger partial charge in [0.05, 0.1) is 0 Å². The number of nitrogens with two attached hydrogens (primary N) is 1. The van der Waals surface area contributed by atoms with Crippen LogP contribution in [0.5, 0.6) is 5.75 Å². The number of primary amides is 1. The second-order valence-corrected chi connectivity index (χ2v) is 6.36. The minimum Gasteiger partial charge on any atom is -0.508 e. The van der Waals surface area contributed by atoms with Crippen LogP contribution in [0.4, 0.5) is 4.39 Å². The number of phenolic OH excluding ortho intramolecular Hbond substituents is 1. The number of rotatable bonds is 6. The summed E-state index contributed by atoms with van der Waals surface area (Å²) in [4.78, 5) is 31.6. The molecule has 2 aromatic carbocycles. The highest BCUT2D eigenvalue weighted by Gasteiger charge is 2.23. The van der Waals surface area contributed by atoms with Crippen LogP contribution < -0.4 is 11.1 Å². The van der Waals surface area contributed by atoms with Crippen LogP contribution in [-0.4, -0.2) is 32.9 Å². The Morgan fingerprint density at radius 3 is 2.43 bits per heavy atom. The number of carbonyl (C=O) groups excluding carboxylic acids is 2. The second-order valence-electron chi connectivity index (χ2n) is 6.36. The lowest BCUT2D eigenvalue weighted by Gasteiger charge is -2.15. The first-order chi connectivity index (χ1) is 13.3. The van der Waals surface area contributed by atoms with Gasteiger partial charge < -0.3 is 21.1 Å². The van der Waals surface area contributed by atoms with Crippen molar-refractivity contribution >= 4 is 11.8 Å². The number of hydrogen-bond donors (Lipinski definition) is 4. The smallest absolute Gasteiger partial charge is 0.272 e. The van der Waals surface area contributed by atoms with Gasteiger partial charge in [-0.2, -0.15) is 0 Å². The SMILES string of the molecule is Cc1[nH]c(-c2ccc(F)cc2)nc1C(=O)N[C@@H](Cc1ccc(O)cc1)C(N)=O. The van der Waals surface area contributed by atoms with E-state index in [1.54, 1.807) is 31.2 Å². The van der Waals surface area contributed by atoms with Crippen molar-refractivity contribution in [1.82, 2.24) is 15.3 Å². The number of aromatic amines is 1. The first kappa shape index (κ1) is 19.1. The minimum absolute atomic E-state index is 0.101. The summed E-state index contributed by atoms with van der Waals surface area (Å²) >= 11 is 0. The molecule has 0 aliphatic heterocycles. The second kappa shape index (κ2) is 7.91. The zero-order valence-electron chi connectivity index (χ0n) is 15.1. The molecule has 0 fully saturated rings. The summed E-state index contributed by atoms with van der Waals surface area (Å²) in [6, 6.07) is 11.0. The van der Waals surface area contributed by atoms with Crippen LogP contribution >= 0.6 is 0 Å². The molecule has 0 bridgehead atoms. The van der Waals surface area contributed by atoms with Crippen molar-refractivity contribution in [1.29, 1.82) is 0 Å². The average Bonchev–Trinajstić information content (AvgIpc) is 3.05. The fraction of sp³-hybridized carbons (Fsp3) is 0.150. The van der Waals surface area contributed by atoms with E-state index in [1.807, 2.05) is 0 Å². The summed E-state index contributed by atoms with van der Waals surface area (Å²) in [7, 11) is 0. The third-order valence-corrected chi connectivity index (χ3v) is 4.24. The number of hydrogen-bond acceptors (Lipinski definition) is 4. The maximum Gasteiger partial charge on any atom is 0.272 e. The van der Waals surface area contributed by atoms with E-state index in [9.17, 15) is 19.1 Å². The lowest BCUT2D eigenvalue weighted by Crippen LogP contribution is -2.46. The third-order valence-electron chi connectivity index (χ3n) is 4.24. The molecule has 7 nitrogen and oxygen atoms in total. The number of nitrogens with one attached hydrogen (secondary N) is 2. The molecule has 5 N–H and O–H groups in total. The number of amides is 2. The quantitative estimate of drug-likeness (QED) is 0.521. The Hall–Kier alpha value is -3.68. The number of imidazole rings is 1. The van der Waals surface area contributed by atoms with Gasteiger partial charge in [0.15, 0.2) is 0 Å². The topological polar surface area (TPSA) is 121 Å². The van der Waals surface area contributed by atoms with Crippen molar-refractivity contribution < 1.29 is 19.1 Å². The van der Waals surface area contributed by atoms with E-state index in [1.165, 1.54) is 24.3 Å². The zero-order valence-corrected chi connectivity index (χ0v) is 15.1. The molecular weight excluding hydrogens is 363 g/mol. The molecule has 144 valence electrons. The number of nitrogens with zero attached hydrogens (tertiary/aromatic N) is 1. The van der Waals surface area contributed by atoms with Crippen LogP contribution in [0.2, 0.25) is 0 Å². The van der Waals surface area contributed by atoms with E-state index >= 15 is 0 Å². The molecule has 0 unspecified atom stereocenters. The van der Waals surface area contributed by atoms with E-state index < -0.39 is 17.9 Å². The molecule has 1 heterocycles. The molecular formula is C20H19FN4O3. The number of aromatic nitrogens is 2. The van der Waals surface area contributed by atoms with Crippen LogP contribution in [0.1, 0.15) is 21.7 Å².